The number of fused-ring (bicyclic) bond motifs is 1. The van der Waals surface area contributed by atoms with E-state index in [1.807, 2.05) is 6.07 Å². The van der Waals surface area contributed by atoms with Crippen LogP contribution < -0.4 is 5.56 Å². The Balaban J connectivity index is 3.01. The van der Waals surface area contributed by atoms with Crippen LogP contribution in [0.25, 0.3) is 10.9 Å². The highest BCUT2D eigenvalue weighted by Crippen LogP contribution is 2.03. The van der Waals surface area contributed by atoms with E-state index in [1.54, 1.807) is 18.2 Å². The van der Waals surface area contributed by atoms with Crippen molar-refractivity contribution in [2.75, 3.05) is 0 Å². The van der Waals surface area contributed by atoms with E-state index in [2.05, 4.69) is 26.5 Å². The topological polar surface area (TPSA) is 47.8 Å². The first-order chi connectivity index (χ1) is 5.79. The zero-order valence-corrected chi connectivity index (χ0v) is 7.52. The minimum absolute atomic E-state index is 0.194. The average molecular weight is 226 g/mol. The second-order valence-electron chi connectivity index (χ2n) is 2.27. The number of hydrogen-bond acceptors (Lipinski definition) is 3. The fraction of sp³-hybridized carbons (Fsp3) is 0. The van der Waals surface area contributed by atoms with Gasteiger partial charge in [-0.25, -0.2) is 0 Å². The first-order valence-corrected chi connectivity index (χ1v) is 4.01. The molecule has 2 aromatic rings. The molecule has 0 spiro atoms. The highest BCUT2D eigenvalue weighted by Gasteiger charge is 2.00. The summed E-state index contributed by atoms with van der Waals surface area (Å²) < 4.78 is 1.04. The smallest absolute Gasteiger partial charge is 0.266 e. The molecule has 0 aliphatic carbocycles. The predicted molar refractivity (Wildman–Crippen MR) is 48.1 cm³/mol. The zero-order chi connectivity index (χ0) is 8.55. The van der Waals surface area contributed by atoms with Crippen LogP contribution in [0.3, 0.4) is 0 Å². The third kappa shape index (κ3) is 1.02. The average Bonchev–Trinajstić information content (AvgIpc) is 2.12. The number of nitrogens with zero attached hydrogens (tertiary/aromatic N) is 3. The molecule has 0 aliphatic heterocycles. The van der Waals surface area contributed by atoms with E-state index >= 15 is 0 Å². The van der Waals surface area contributed by atoms with Gasteiger partial charge < -0.3 is 0 Å². The van der Waals surface area contributed by atoms with Crippen molar-refractivity contribution in [3.05, 3.63) is 34.6 Å². The van der Waals surface area contributed by atoms with Gasteiger partial charge in [-0.05, 0) is 12.1 Å². The lowest BCUT2D eigenvalue weighted by atomic mass is 10.2. The lowest BCUT2D eigenvalue weighted by Gasteiger charge is -1.94. The molecule has 0 fully saturated rings. The zero-order valence-electron chi connectivity index (χ0n) is 5.94. The maximum absolute atomic E-state index is 11.3. The van der Waals surface area contributed by atoms with E-state index in [1.165, 1.54) is 0 Å². The van der Waals surface area contributed by atoms with E-state index in [-0.39, 0.29) is 5.56 Å². The van der Waals surface area contributed by atoms with Crippen molar-refractivity contribution in [2.45, 2.75) is 0 Å². The second kappa shape index (κ2) is 2.67. The van der Waals surface area contributed by atoms with E-state index in [4.69, 9.17) is 0 Å². The van der Waals surface area contributed by atoms with Gasteiger partial charge in [-0.2, -0.15) is 0 Å². The Hall–Kier alpha value is -1.23. The van der Waals surface area contributed by atoms with Crippen LogP contribution in [0.15, 0.2) is 29.1 Å². The van der Waals surface area contributed by atoms with Crippen LogP contribution in [-0.2, 0) is 0 Å². The fourth-order valence-electron chi connectivity index (χ4n) is 0.969. The van der Waals surface area contributed by atoms with Crippen molar-refractivity contribution >= 4 is 27.1 Å². The van der Waals surface area contributed by atoms with Gasteiger partial charge in [0, 0.05) is 0 Å². The maximum Gasteiger partial charge on any atom is 0.288 e. The summed E-state index contributed by atoms with van der Waals surface area (Å²) >= 11 is 2.95. The molecule has 1 aromatic carbocycles. The molecule has 4 nitrogen and oxygen atoms in total. The molecule has 0 aliphatic rings. The molecule has 0 amide bonds. The Morgan fingerprint density at radius 3 is 2.92 bits per heavy atom. The number of hydrogen-bond donors (Lipinski definition) is 0. The first kappa shape index (κ1) is 7.42. The Morgan fingerprint density at radius 1 is 1.33 bits per heavy atom. The second-order valence-corrected chi connectivity index (χ2v) is 2.94. The van der Waals surface area contributed by atoms with E-state index in [9.17, 15) is 4.79 Å². The summed E-state index contributed by atoms with van der Waals surface area (Å²) in [5, 5.41) is 7.94. The molecule has 0 atom stereocenters. The third-order valence-corrected chi connectivity index (χ3v) is 2.00. The van der Waals surface area contributed by atoms with Gasteiger partial charge in [-0.1, -0.05) is 17.3 Å². The largest absolute Gasteiger partial charge is 0.288 e. The van der Waals surface area contributed by atoms with Gasteiger partial charge in [0.05, 0.1) is 21.5 Å². The normalized spacial score (nSPS) is 10.4. The van der Waals surface area contributed by atoms with E-state index in [0.29, 0.717) is 10.9 Å². The molecule has 5 heteroatoms. The summed E-state index contributed by atoms with van der Waals surface area (Å²) in [5.74, 6) is 0. The van der Waals surface area contributed by atoms with Gasteiger partial charge in [-0.3, -0.25) is 4.79 Å². The van der Waals surface area contributed by atoms with Crippen molar-refractivity contribution in [3.63, 3.8) is 0 Å². The quantitative estimate of drug-likeness (QED) is 0.671. The fourth-order valence-corrected chi connectivity index (χ4v) is 1.23. The summed E-state index contributed by atoms with van der Waals surface area (Å²) in [6.07, 6.45) is 0. The van der Waals surface area contributed by atoms with Crippen LogP contribution in [0, 0.1) is 0 Å². The van der Waals surface area contributed by atoms with Crippen LogP contribution in [0.5, 0.6) is 0 Å². The maximum atomic E-state index is 11.3. The van der Waals surface area contributed by atoms with Crippen molar-refractivity contribution < 1.29 is 0 Å². The Labute approximate surface area is 76.2 Å². The van der Waals surface area contributed by atoms with Gasteiger partial charge >= 0.3 is 0 Å². The molecule has 2 rings (SSSR count). The lowest BCUT2D eigenvalue weighted by molar-refractivity contribution is 0.834. The van der Waals surface area contributed by atoms with Crippen molar-refractivity contribution in [1.29, 1.82) is 0 Å². The summed E-state index contributed by atoms with van der Waals surface area (Å²) in [6, 6.07) is 7.06. The van der Waals surface area contributed by atoms with Gasteiger partial charge in [0.2, 0.25) is 0 Å². The van der Waals surface area contributed by atoms with Crippen LogP contribution in [0.1, 0.15) is 0 Å². The molecule has 60 valence electrons. The highest BCUT2D eigenvalue weighted by molar-refractivity contribution is 9.08. The predicted octanol–water partition coefficient (Wildman–Crippen LogP) is 0.949. The van der Waals surface area contributed by atoms with E-state index < -0.39 is 0 Å². The standard InChI is InChI=1S/C7H4BrN3O/c8-11-7(12)5-3-1-2-4-6(5)9-10-11/h1-4H. The molecule has 1 aromatic heterocycles. The monoisotopic (exact) mass is 225 g/mol. The SMILES string of the molecule is O=c1c2ccccc2nnn1Br. The Morgan fingerprint density at radius 2 is 2.08 bits per heavy atom. The van der Waals surface area contributed by atoms with Crippen LogP contribution in [-0.4, -0.2) is 14.0 Å². The third-order valence-electron chi connectivity index (χ3n) is 1.53. The number of aromatic nitrogens is 3. The van der Waals surface area contributed by atoms with Crippen molar-refractivity contribution in [1.82, 2.24) is 14.0 Å². The van der Waals surface area contributed by atoms with Gasteiger partial charge in [0.15, 0.2) is 0 Å². The summed E-state index contributed by atoms with van der Waals surface area (Å²) in [7, 11) is 0. The minimum Gasteiger partial charge on any atom is -0.266 e. The summed E-state index contributed by atoms with van der Waals surface area (Å²) in [4.78, 5) is 11.3. The molecule has 0 N–H and O–H groups in total. The summed E-state index contributed by atoms with van der Waals surface area (Å²) in [6.45, 7) is 0. The van der Waals surface area contributed by atoms with Crippen molar-refractivity contribution in [2.24, 2.45) is 0 Å². The molecular formula is C7H4BrN3O. The van der Waals surface area contributed by atoms with E-state index in [0.717, 1.165) is 3.71 Å². The molecule has 0 saturated heterocycles. The number of benzene rings is 1. The van der Waals surface area contributed by atoms with Crippen LogP contribution in [0.2, 0.25) is 0 Å². The minimum atomic E-state index is -0.194. The molecule has 0 radical (unpaired) electrons. The van der Waals surface area contributed by atoms with Crippen LogP contribution in [0.4, 0.5) is 0 Å². The Kier molecular flexibility index (Phi) is 1.65. The molecule has 1 heterocycles. The first-order valence-electron chi connectivity index (χ1n) is 3.30. The van der Waals surface area contributed by atoms with Gasteiger partial charge in [0.1, 0.15) is 5.52 Å². The van der Waals surface area contributed by atoms with Gasteiger partial charge in [0.25, 0.3) is 5.56 Å². The molecule has 0 saturated carbocycles. The molecular weight excluding hydrogens is 222 g/mol. The van der Waals surface area contributed by atoms with Crippen LogP contribution >= 0.6 is 16.1 Å². The van der Waals surface area contributed by atoms with Gasteiger partial charge in [-0.15, -0.1) is 8.81 Å². The summed E-state index contributed by atoms with van der Waals surface area (Å²) in [5.41, 5.74) is 0.416. The Bertz CT molecular complexity index is 479. The molecule has 0 bridgehead atoms. The molecule has 0 unspecified atom stereocenters. The number of rotatable bonds is 0. The van der Waals surface area contributed by atoms with Crippen molar-refractivity contribution in [3.8, 4) is 0 Å². The number of halogens is 1. The highest BCUT2D eigenvalue weighted by atomic mass is 79.9. The molecule has 12 heavy (non-hydrogen) atoms. The lowest BCUT2D eigenvalue weighted by Crippen LogP contribution is -2.16.